The van der Waals surface area contributed by atoms with E-state index in [0.29, 0.717) is 36.4 Å². The molecule has 0 saturated heterocycles. The molecular formula is C17H22N2O3. The number of carbonyl (C=O) groups is 1. The average molecular weight is 302 g/mol. The van der Waals surface area contributed by atoms with E-state index in [1.54, 1.807) is 25.3 Å². The summed E-state index contributed by atoms with van der Waals surface area (Å²) in [6.07, 6.45) is 4.53. The van der Waals surface area contributed by atoms with Gasteiger partial charge in [0, 0.05) is 7.11 Å². The Hall–Kier alpha value is -2.06. The summed E-state index contributed by atoms with van der Waals surface area (Å²) in [4.78, 5) is 12.6. The highest BCUT2D eigenvalue weighted by Gasteiger charge is 2.39. The minimum absolute atomic E-state index is 0.171. The van der Waals surface area contributed by atoms with Crippen molar-refractivity contribution in [1.82, 2.24) is 0 Å². The van der Waals surface area contributed by atoms with Crippen LogP contribution in [0.3, 0.4) is 0 Å². The van der Waals surface area contributed by atoms with Gasteiger partial charge in [0.2, 0.25) is 0 Å². The molecule has 22 heavy (non-hydrogen) atoms. The van der Waals surface area contributed by atoms with E-state index in [0.717, 1.165) is 19.3 Å². The van der Waals surface area contributed by atoms with Gasteiger partial charge in [-0.3, -0.25) is 4.79 Å². The number of hydrogen-bond donors (Lipinski definition) is 1. The lowest BCUT2D eigenvalue weighted by atomic mass is 9.84. The minimum Gasteiger partial charge on any atom is -0.494 e. The van der Waals surface area contributed by atoms with Gasteiger partial charge in [-0.05, 0) is 38.0 Å². The Morgan fingerprint density at radius 1 is 1.36 bits per heavy atom. The Kier molecular flexibility index (Phi) is 5.40. The van der Waals surface area contributed by atoms with E-state index in [4.69, 9.17) is 9.47 Å². The highest BCUT2D eigenvalue weighted by Crippen LogP contribution is 2.33. The van der Waals surface area contributed by atoms with E-state index in [2.05, 4.69) is 11.4 Å². The van der Waals surface area contributed by atoms with Crippen molar-refractivity contribution in [2.45, 2.75) is 44.6 Å². The van der Waals surface area contributed by atoms with Crippen LogP contribution in [0.2, 0.25) is 0 Å². The molecule has 2 rings (SSSR count). The van der Waals surface area contributed by atoms with Crippen molar-refractivity contribution < 1.29 is 14.3 Å². The first-order chi connectivity index (χ1) is 10.6. The third-order valence-electron chi connectivity index (χ3n) is 4.14. The normalized spacial score (nSPS) is 16.6. The molecule has 0 heterocycles. The minimum atomic E-state index is -0.774. The maximum Gasteiger partial charge on any atom is 0.256 e. The van der Waals surface area contributed by atoms with E-state index < -0.39 is 5.60 Å². The third-order valence-corrected chi connectivity index (χ3v) is 4.14. The number of nitriles is 1. The van der Waals surface area contributed by atoms with Crippen LogP contribution in [0.1, 0.15) is 44.6 Å². The largest absolute Gasteiger partial charge is 0.494 e. The van der Waals surface area contributed by atoms with Gasteiger partial charge in [-0.15, -0.1) is 0 Å². The number of carbonyl (C=O) groups excluding carboxylic acids is 1. The molecule has 0 radical (unpaired) electrons. The van der Waals surface area contributed by atoms with Crippen LogP contribution >= 0.6 is 0 Å². The Morgan fingerprint density at radius 3 is 2.68 bits per heavy atom. The summed E-state index contributed by atoms with van der Waals surface area (Å²) in [5.74, 6) is 0.450. The van der Waals surface area contributed by atoms with Gasteiger partial charge < -0.3 is 14.8 Å². The van der Waals surface area contributed by atoms with Crippen LogP contribution in [0.15, 0.2) is 18.2 Å². The predicted molar refractivity (Wildman–Crippen MR) is 83.8 cm³/mol. The Labute approximate surface area is 131 Å². The summed E-state index contributed by atoms with van der Waals surface area (Å²) < 4.78 is 10.9. The topological polar surface area (TPSA) is 71.3 Å². The molecule has 5 nitrogen and oxygen atoms in total. The molecule has 1 aliphatic carbocycles. The lowest BCUT2D eigenvalue weighted by molar-refractivity contribution is -0.141. The smallest absolute Gasteiger partial charge is 0.256 e. The SMILES string of the molecule is CCOc1ccc(NC(=O)C2(OC)CCCCC2)c(C#N)c1. The second kappa shape index (κ2) is 7.28. The van der Waals surface area contributed by atoms with Crippen molar-refractivity contribution in [2.75, 3.05) is 19.0 Å². The van der Waals surface area contributed by atoms with Gasteiger partial charge in [-0.25, -0.2) is 0 Å². The van der Waals surface area contributed by atoms with Gasteiger partial charge in [0.25, 0.3) is 5.91 Å². The molecule has 118 valence electrons. The van der Waals surface area contributed by atoms with Crippen molar-refractivity contribution in [3.63, 3.8) is 0 Å². The van der Waals surface area contributed by atoms with Crippen molar-refractivity contribution >= 4 is 11.6 Å². The molecular weight excluding hydrogens is 280 g/mol. The first kappa shape index (κ1) is 16.3. The molecule has 0 unspecified atom stereocenters. The molecule has 1 amide bonds. The summed E-state index contributed by atoms with van der Waals surface area (Å²) >= 11 is 0. The lowest BCUT2D eigenvalue weighted by Gasteiger charge is -2.34. The Bertz CT molecular complexity index is 572. The fourth-order valence-corrected chi connectivity index (χ4v) is 2.86. The maximum absolute atomic E-state index is 12.6. The first-order valence-corrected chi connectivity index (χ1v) is 7.69. The fourth-order valence-electron chi connectivity index (χ4n) is 2.86. The highest BCUT2D eigenvalue weighted by molar-refractivity contribution is 5.98. The molecule has 1 saturated carbocycles. The van der Waals surface area contributed by atoms with Crippen LogP contribution in [0.4, 0.5) is 5.69 Å². The highest BCUT2D eigenvalue weighted by atomic mass is 16.5. The molecule has 0 atom stereocenters. The summed E-state index contributed by atoms with van der Waals surface area (Å²) in [5.41, 5.74) is 0.114. The summed E-state index contributed by atoms with van der Waals surface area (Å²) in [7, 11) is 1.58. The number of nitrogens with zero attached hydrogens (tertiary/aromatic N) is 1. The first-order valence-electron chi connectivity index (χ1n) is 7.69. The second-order valence-corrected chi connectivity index (χ2v) is 5.47. The van der Waals surface area contributed by atoms with E-state index in [1.807, 2.05) is 6.92 Å². The quantitative estimate of drug-likeness (QED) is 0.906. The number of amides is 1. The number of anilines is 1. The molecule has 1 aliphatic rings. The molecule has 1 N–H and O–H groups in total. The van der Waals surface area contributed by atoms with Gasteiger partial charge in [-0.1, -0.05) is 19.3 Å². The van der Waals surface area contributed by atoms with Crippen LogP contribution in [-0.4, -0.2) is 25.2 Å². The van der Waals surface area contributed by atoms with Gasteiger partial charge in [-0.2, -0.15) is 5.26 Å². The molecule has 0 bridgehead atoms. The monoisotopic (exact) mass is 302 g/mol. The molecule has 0 aliphatic heterocycles. The number of nitrogens with one attached hydrogen (secondary N) is 1. The van der Waals surface area contributed by atoms with Crippen LogP contribution < -0.4 is 10.1 Å². The van der Waals surface area contributed by atoms with Crippen molar-refractivity contribution in [3.05, 3.63) is 23.8 Å². The molecule has 0 aromatic heterocycles. The zero-order valence-corrected chi connectivity index (χ0v) is 13.1. The maximum atomic E-state index is 12.6. The van der Waals surface area contributed by atoms with Crippen LogP contribution in [-0.2, 0) is 9.53 Å². The molecule has 5 heteroatoms. The summed E-state index contributed by atoms with van der Waals surface area (Å²) in [6.45, 7) is 2.41. The zero-order chi connectivity index (χ0) is 16.0. The molecule has 1 aromatic rings. The number of methoxy groups -OCH3 is 1. The van der Waals surface area contributed by atoms with Crippen molar-refractivity contribution in [3.8, 4) is 11.8 Å². The average Bonchev–Trinajstić information content (AvgIpc) is 2.57. The molecule has 1 aromatic carbocycles. The number of hydrogen-bond acceptors (Lipinski definition) is 4. The zero-order valence-electron chi connectivity index (χ0n) is 13.1. The van der Waals surface area contributed by atoms with Gasteiger partial charge >= 0.3 is 0 Å². The van der Waals surface area contributed by atoms with Crippen LogP contribution in [0, 0.1) is 11.3 Å². The lowest BCUT2D eigenvalue weighted by Crippen LogP contribution is -2.46. The van der Waals surface area contributed by atoms with E-state index >= 15 is 0 Å². The van der Waals surface area contributed by atoms with Crippen molar-refractivity contribution in [1.29, 1.82) is 5.26 Å². The van der Waals surface area contributed by atoms with E-state index in [9.17, 15) is 10.1 Å². The van der Waals surface area contributed by atoms with Gasteiger partial charge in [0.15, 0.2) is 0 Å². The van der Waals surface area contributed by atoms with Crippen molar-refractivity contribution in [2.24, 2.45) is 0 Å². The van der Waals surface area contributed by atoms with Crippen LogP contribution in [0.25, 0.3) is 0 Å². The summed E-state index contributed by atoms with van der Waals surface area (Å²) in [6, 6.07) is 7.19. The summed E-state index contributed by atoms with van der Waals surface area (Å²) in [5, 5.41) is 12.1. The van der Waals surface area contributed by atoms with Gasteiger partial charge in [0.05, 0.1) is 17.9 Å². The molecule has 0 spiro atoms. The fraction of sp³-hybridized carbons (Fsp3) is 0.529. The van der Waals surface area contributed by atoms with E-state index in [1.165, 1.54) is 0 Å². The van der Waals surface area contributed by atoms with E-state index in [-0.39, 0.29) is 5.91 Å². The molecule has 1 fully saturated rings. The number of benzene rings is 1. The predicted octanol–water partition coefficient (Wildman–Crippen LogP) is 3.24. The standard InChI is InChI=1S/C17H22N2O3/c1-3-22-14-7-8-15(13(11-14)12-18)19-16(20)17(21-2)9-5-4-6-10-17/h7-8,11H,3-6,9-10H2,1-2H3,(H,19,20). The second-order valence-electron chi connectivity index (χ2n) is 5.47. The number of ether oxygens (including phenoxy) is 2. The Balaban J connectivity index is 2.19. The van der Waals surface area contributed by atoms with Gasteiger partial charge in [0.1, 0.15) is 17.4 Å². The third kappa shape index (κ3) is 3.40. The van der Waals surface area contributed by atoms with Crippen LogP contribution in [0.5, 0.6) is 5.75 Å². The number of rotatable bonds is 5. The Morgan fingerprint density at radius 2 is 2.09 bits per heavy atom.